The van der Waals surface area contributed by atoms with Gasteiger partial charge in [-0.2, -0.15) is 0 Å². The van der Waals surface area contributed by atoms with Crippen LogP contribution in [0.4, 0.5) is 5.69 Å². The molecule has 0 aliphatic carbocycles. The third-order valence-electron chi connectivity index (χ3n) is 6.13. The van der Waals surface area contributed by atoms with E-state index in [4.69, 9.17) is 21.1 Å². The van der Waals surface area contributed by atoms with Crippen molar-refractivity contribution in [3.63, 3.8) is 0 Å². The first-order valence-electron chi connectivity index (χ1n) is 11.9. The molecule has 0 bridgehead atoms. The first-order valence-corrected chi connectivity index (χ1v) is 13.7. The number of amides is 1. The Morgan fingerprint density at radius 3 is 2.11 bits per heavy atom. The normalized spacial score (nSPS) is 12.2. The molecule has 0 aliphatic heterocycles. The summed E-state index contributed by atoms with van der Waals surface area (Å²) < 4.78 is 39.0. The predicted octanol–water partition coefficient (Wildman–Crippen LogP) is 5.86. The number of carbonyl (C=O) groups is 1. The Labute approximate surface area is 224 Å². The molecule has 37 heavy (non-hydrogen) atoms. The smallest absolute Gasteiger partial charge is 0.264 e. The first-order chi connectivity index (χ1) is 17.5. The van der Waals surface area contributed by atoms with E-state index in [0.29, 0.717) is 16.5 Å². The van der Waals surface area contributed by atoms with E-state index in [0.717, 1.165) is 26.7 Å². The molecule has 0 saturated carbocycles. The lowest BCUT2D eigenvalue weighted by molar-refractivity contribution is -0.120. The van der Waals surface area contributed by atoms with E-state index < -0.39 is 22.5 Å². The molecular formula is C28H33ClN2O5S. The van der Waals surface area contributed by atoms with E-state index in [1.807, 2.05) is 26.0 Å². The monoisotopic (exact) mass is 544 g/mol. The van der Waals surface area contributed by atoms with E-state index in [9.17, 15) is 13.2 Å². The molecule has 3 aromatic carbocycles. The van der Waals surface area contributed by atoms with Crippen LogP contribution in [-0.4, -0.2) is 35.1 Å². The molecule has 7 nitrogen and oxygen atoms in total. The van der Waals surface area contributed by atoms with Crippen molar-refractivity contribution in [2.24, 2.45) is 0 Å². The Morgan fingerprint density at radius 1 is 0.946 bits per heavy atom. The number of nitrogens with one attached hydrogen (secondary N) is 1. The van der Waals surface area contributed by atoms with Gasteiger partial charge in [-0.1, -0.05) is 25.4 Å². The maximum atomic E-state index is 13.6. The molecule has 0 aromatic heterocycles. The first kappa shape index (κ1) is 28.3. The number of rotatable bonds is 10. The molecule has 9 heteroatoms. The minimum atomic E-state index is -4.07. The summed E-state index contributed by atoms with van der Waals surface area (Å²) in [6.07, 6.45) is 0. The number of halogens is 1. The summed E-state index contributed by atoms with van der Waals surface area (Å²) >= 11 is 6.02. The highest BCUT2D eigenvalue weighted by Crippen LogP contribution is 2.32. The van der Waals surface area contributed by atoms with Crippen LogP contribution < -0.4 is 19.1 Å². The van der Waals surface area contributed by atoms with E-state index in [1.54, 1.807) is 43.5 Å². The van der Waals surface area contributed by atoms with Gasteiger partial charge in [0.05, 0.1) is 30.8 Å². The zero-order valence-corrected chi connectivity index (χ0v) is 23.5. The van der Waals surface area contributed by atoms with Gasteiger partial charge in [0, 0.05) is 5.02 Å². The number of anilines is 1. The van der Waals surface area contributed by atoms with Gasteiger partial charge in [-0.25, -0.2) is 8.42 Å². The van der Waals surface area contributed by atoms with Gasteiger partial charge in [0.15, 0.2) is 0 Å². The third kappa shape index (κ3) is 6.56. The van der Waals surface area contributed by atoms with Crippen LogP contribution in [0.25, 0.3) is 0 Å². The molecule has 0 saturated heterocycles. The summed E-state index contributed by atoms with van der Waals surface area (Å²) in [5.74, 6) is 1.11. The molecule has 0 spiro atoms. The number of hydrogen-bond donors (Lipinski definition) is 1. The fourth-order valence-electron chi connectivity index (χ4n) is 4.10. The van der Waals surface area contributed by atoms with Crippen molar-refractivity contribution in [1.82, 2.24) is 5.32 Å². The predicted molar refractivity (Wildman–Crippen MR) is 147 cm³/mol. The molecule has 0 heterocycles. The minimum Gasteiger partial charge on any atom is -0.497 e. The van der Waals surface area contributed by atoms with Crippen molar-refractivity contribution in [3.05, 3.63) is 82.4 Å². The van der Waals surface area contributed by atoms with Crippen LogP contribution in [0.2, 0.25) is 5.02 Å². The van der Waals surface area contributed by atoms with Crippen LogP contribution in [0.5, 0.6) is 11.5 Å². The van der Waals surface area contributed by atoms with Gasteiger partial charge in [0.25, 0.3) is 10.0 Å². The van der Waals surface area contributed by atoms with Gasteiger partial charge in [0.2, 0.25) is 5.91 Å². The Kier molecular flexibility index (Phi) is 9.10. The summed E-state index contributed by atoms with van der Waals surface area (Å²) in [6, 6.07) is 16.0. The maximum Gasteiger partial charge on any atom is 0.264 e. The number of ether oxygens (including phenoxy) is 2. The lowest BCUT2D eigenvalue weighted by atomic mass is 9.93. The van der Waals surface area contributed by atoms with Crippen LogP contribution in [0, 0.1) is 6.92 Å². The largest absolute Gasteiger partial charge is 0.497 e. The van der Waals surface area contributed by atoms with E-state index in [1.165, 1.54) is 19.2 Å². The summed E-state index contributed by atoms with van der Waals surface area (Å²) in [6.45, 7) is 7.58. The van der Waals surface area contributed by atoms with Crippen molar-refractivity contribution in [1.29, 1.82) is 0 Å². The fourth-order valence-corrected chi connectivity index (χ4v) is 5.65. The molecule has 0 radical (unpaired) electrons. The second-order valence-electron chi connectivity index (χ2n) is 9.06. The topological polar surface area (TPSA) is 84.9 Å². The molecule has 3 rings (SSSR count). The standard InChI is InChI=1S/C28H33ClN2O5S/c1-18(2)25-16-26(19(3)15-27(25)36-6)20(4)30-28(32)17-31(22-9-7-21(29)8-10-22)37(33,34)24-13-11-23(35-5)12-14-24/h7-16,18,20H,17H2,1-6H3,(H,30,32)/t20-/m1/s1. The number of methoxy groups -OCH3 is 2. The highest BCUT2D eigenvalue weighted by atomic mass is 35.5. The molecule has 0 unspecified atom stereocenters. The zero-order chi connectivity index (χ0) is 27.3. The Hall–Kier alpha value is -3.23. The average Bonchev–Trinajstić information content (AvgIpc) is 2.87. The number of benzene rings is 3. The number of sulfonamides is 1. The van der Waals surface area contributed by atoms with E-state index in [2.05, 4.69) is 19.2 Å². The minimum absolute atomic E-state index is 0.0386. The molecule has 198 valence electrons. The van der Waals surface area contributed by atoms with E-state index >= 15 is 0 Å². The van der Waals surface area contributed by atoms with Crippen LogP contribution in [0.3, 0.4) is 0 Å². The number of nitrogens with zero attached hydrogens (tertiary/aromatic N) is 1. The van der Waals surface area contributed by atoms with Crippen molar-refractivity contribution in [2.75, 3.05) is 25.1 Å². The molecule has 1 atom stereocenters. The zero-order valence-electron chi connectivity index (χ0n) is 21.9. The summed E-state index contributed by atoms with van der Waals surface area (Å²) in [5.41, 5.74) is 3.27. The SMILES string of the molecule is COc1ccc(S(=O)(=O)N(CC(=O)N[C@H](C)c2cc(C(C)C)c(OC)cc2C)c2ccc(Cl)cc2)cc1. The number of hydrogen-bond acceptors (Lipinski definition) is 5. The fraction of sp³-hybridized carbons (Fsp3) is 0.321. The van der Waals surface area contributed by atoms with Gasteiger partial charge in [-0.15, -0.1) is 0 Å². The van der Waals surface area contributed by atoms with Crippen LogP contribution >= 0.6 is 11.6 Å². The highest BCUT2D eigenvalue weighted by molar-refractivity contribution is 7.92. The van der Waals surface area contributed by atoms with E-state index in [-0.39, 0.29) is 16.9 Å². The van der Waals surface area contributed by atoms with Crippen LogP contribution in [0.15, 0.2) is 65.6 Å². The second-order valence-corrected chi connectivity index (χ2v) is 11.4. The van der Waals surface area contributed by atoms with Crippen molar-refractivity contribution < 1.29 is 22.7 Å². The molecule has 1 amide bonds. The van der Waals surface area contributed by atoms with Crippen molar-refractivity contribution in [3.8, 4) is 11.5 Å². The molecule has 0 fully saturated rings. The van der Waals surface area contributed by atoms with Gasteiger partial charge >= 0.3 is 0 Å². The molecule has 0 aliphatic rings. The lowest BCUT2D eigenvalue weighted by Crippen LogP contribution is -2.41. The van der Waals surface area contributed by atoms with Gasteiger partial charge in [-0.3, -0.25) is 9.10 Å². The Balaban J connectivity index is 1.91. The number of aryl methyl sites for hydroxylation is 1. The summed E-state index contributed by atoms with van der Waals surface area (Å²) in [5, 5.41) is 3.42. The average molecular weight is 545 g/mol. The Morgan fingerprint density at radius 2 is 1.57 bits per heavy atom. The second kappa shape index (κ2) is 11.9. The summed E-state index contributed by atoms with van der Waals surface area (Å²) in [7, 11) is -0.923. The Bertz CT molecular complexity index is 1340. The molecule has 3 aromatic rings. The van der Waals surface area contributed by atoms with Crippen LogP contribution in [-0.2, 0) is 14.8 Å². The van der Waals surface area contributed by atoms with Crippen molar-refractivity contribution >= 4 is 33.2 Å². The highest BCUT2D eigenvalue weighted by Gasteiger charge is 2.28. The van der Waals surface area contributed by atoms with Gasteiger partial charge in [-0.05, 0) is 97.1 Å². The quantitative estimate of drug-likeness (QED) is 0.345. The van der Waals surface area contributed by atoms with Crippen molar-refractivity contribution in [2.45, 2.75) is 44.6 Å². The summed E-state index contributed by atoms with van der Waals surface area (Å²) in [4.78, 5) is 13.3. The maximum absolute atomic E-state index is 13.6. The van der Waals surface area contributed by atoms with Gasteiger partial charge in [0.1, 0.15) is 18.0 Å². The van der Waals surface area contributed by atoms with Gasteiger partial charge < -0.3 is 14.8 Å². The molecule has 1 N–H and O–H groups in total. The van der Waals surface area contributed by atoms with Crippen LogP contribution in [0.1, 0.15) is 49.4 Å². The third-order valence-corrected chi connectivity index (χ3v) is 8.17. The molecular weight excluding hydrogens is 512 g/mol. The number of carbonyl (C=O) groups excluding carboxylic acids is 1. The lowest BCUT2D eigenvalue weighted by Gasteiger charge is -2.26.